The van der Waals surface area contributed by atoms with E-state index in [1.54, 1.807) is 35.2 Å². The number of ketones is 1. The van der Waals surface area contributed by atoms with Crippen LogP contribution in [0.3, 0.4) is 0 Å². The molecule has 37 heavy (non-hydrogen) atoms. The van der Waals surface area contributed by atoms with Gasteiger partial charge in [0.2, 0.25) is 0 Å². The minimum absolute atomic E-state index is 0.0535. The summed E-state index contributed by atoms with van der Waals surface area (Å²) in [5, 5.41) is 11.4. The lowest BCUT2D eigenvalue weighted by molar-refractivity contribution is -0.139. The number of carbonyl (C=O) groups is 2. The van der Waals surface area contributed by atoms with E-state index in [2.05, 4.69) is 6.58 Å². The minimum atomic E-state index is -0.722. The first-order chi connectivity index (χ1) is 18.0. The van der Waals surface area contributed by atoms with Crippen LogP contribution in [0, 0.1) is 0 Å². The Balaban J connectivity index is 1.54. The van der Waals surface area contributed by atoms with Gasteiger partial charge >= 0.3 is 0 Å². The molecule has 1 saturated heterocycles. The largest absolute Gasteiger partial charge is 0.507 e. The van der Waals surface area contributed by atoms with Crippen molar-refractivity contribution in [1.82, 2.24) is 4.90 Å². The molecule has 0 radical (unpaired) electrons. The van der Waals surface area contributed by atoms with Gasteiger partial charge in [0.05, 0.1) is 11.6 Å². The van der Waals surface area contributed by atoms with Crippen LogP contribution >= 0.6 is 0 Å². The molecule has 2 aliphatic heterocycles. The predicted molar refractivity (Wildman–Crippen MR) is 142 cm³/mol. The van der Waals surface area contributed by atoms with E-state index in [1.165, 1.54) is 0 Å². The molecule has 2 aliphatic rings. The first-order valence-corrected chi connectivity index (χ1v) is 12.4. The molecule has 0 aliphatic carbocycles. The van der Waals surface area contributed by atoms with E-state index in [4.69, 9.17) is 9.47 Å². The van der Waals surface area contributed by atoms with Crippen molar-refractivity contribution in [2.24, 2.45) is 0 Å². The van der Waals surface area contributed by atoms with Crippen LogP contribution in [0.25, 0.3) is 5.76 Å². The molecule has 2 heterocycles. The summed E-state index contributed by atoms with van der Waals surface area (Å²) in [6.45, 7) is 6.35. The molecule has 0 bridgehead atoms. The van der Waals surface area contributed by atoms with Crippen molar-refractivity contribution in [1.29, 1.82) is 0 Å². The molecule has 3 aromatic rings. The number of aliphatic hydroxyl groups is 1. The van der Waals surface area contributed by atoms with Crippen LogP contribution in [-0.2, 0) is 22.4 Å². The maximum atomic E-state index is 13.4. The fourth-order valence-corrected chi connectivity index (χ4v) is 4.98. The second-order valence-corrected chi connectivity index (χ2v) is 9.35. The van der Waals surface area contributed by atoms with Crippen molar-refractivity contribution in [3.05, 3.63) is 113 Å². The van der Waals surface area contributed by atoms with Gasteiger partial charge in [-0.2, -0.15) is 0 Å². The van der Waals surface area contributed by atoms with Crippen LogP contribution in [0.2, 0.25) is 0 Å². The van der Waals surface area contributed by atoms with Crippen LogP contribution in [0.4, 0.5) is 0 Å². The Morgan fingerprint density at radius 3 is 2.59 bits per heavy atom. The van der Waals surface area contributed by atoms with Gasteiger partial charge in [0.25, 0.3) is 11.7 Å². The standard InChI is InChI=1S/C31H29NO5/c1-3-17-36-25-12-9-22(10-13-25)28-27(29(33)23-11-14-26-24(19-23)18-20(2)37-26)30(34)31(35)32(28)16-15-21-7-5-4-6-8-21/h3-14,19-20,28,33H,1,15-18H2,2H3/t20-,28-/m1/s1. The smallest absolute Gasteiger partial charge is 0.295 e. The molecule has 6 nitrogen and oxygen atoms in total. The first kappa shape index (κ1) is 24.4. The summed E-state index contributed by atoms with van der Waals surface area (Å²) >= 11 is 0. The Morgan fingerprint density at radius 1 is 1.11 bits per heavy atom. The lowest BCUT2D eigenvalue weighted by Gasteiger charge is -2.25. The van der Waals surface area contributed by atoms with Crippen LogP contribution in [0.1, 0.15) is 35.2 Å². The molecule has 0 aromatic heterocycles. The molecule has 1 amide bonds. The Labute approximate surface area is 216 Å². The van der Waals surface area contributed by atoms with Crippen molar-refractivity contribution >= 4 is 17.4 Å². The number of Topliss-reactive ketones (excluding diaryl/α,β-unsaturated/α-hetero) is 1. The number of amides is 1. The molecule has 3 aromatic carbocycles. The number of hydrogen-bond acceptors (Lipinski definition) is 5. The monoisotopic (exact) mass is 495 g/mol. The molecule has 0 unspecified atom stereocenters. The van der Waals surface area contributed by atoms with E-state index in [-0.39, 0.29) is 17.4 Å². The van der Waals surface area contributed by atoms with Gasteiger partial charge in [-0.3, -0.25) is 9.59 Å². The zero-order valence-electron chi connectivity index (χ0n) is 20.7. The van der Waals surface area contributed by atoms with Crippen molar-refractivity contribution in [3.8, 4) is 11.5 Å². The molecule has 1 N–H and O–H groups in total. The quantitative estimate of drug-likeness (QED) is 0.200. The molecular weight excluding hydrogens is 466 g/mol. The third kappa shape index (κ3) is 4.87. The number of benzene rings is 3. The first-order valence-electron chi connectivity index (χ1n) is 12.4. The fraction of sp³-hybridized carbons (Fsp3) is 0.226. The molecule has 188 valence electrons. The zero-order valence-corrected chi connectivity index (χ0v) is 20.7. The van der Waals surface area contributed by atoms with E-state index in [0.717, 1.165) is 28.9 Å². The topological polar surface area (TPSA) is 76.1 Å². The number of fused-ring (bicyclic) bond motifs is 1. The van der Waals surface area contributed by atoms with Gasteiger partial charge in [-0.15, -0.1) is 0 Å². The molecule has 5 rings (SSSR count). The van der Waals surface area contributed by atoms with Gasteiger partial charge in [0, 0.05) is 18.5 Å². The number of carbonyl (C=O) groups excluding carboxylic acids is 2. The third-order valence-corrected chi connectivity index (χ3v) is 6.76. The lowest BCUT2D eigenvalue weighted by atomic mass is 9.94. The van der Waals surface area contributed by atoms with Crippen LogP contribution in [-0.4, -0.2) is 41.0 Å². The minimum Gasteiger partial charge on any atom is -0.507 e. The summed E-state index contributed by atoms with van der Waals surface area (Å²) in [5.74, 6) is -0.0585. The number of hydrogen-bond donors (Lipinski definition) is 1. The highest BCUT2D eigenvalue weighted by Gasteiger charge is 2.46. The molecule has 2 atom stereocenters. The van der Waals surface area contributed by atoms with E-state index >= 15 is 0 Å². The Kier molecular flexibility index (Phi) is 6.82. The fourth-order valence-electron chi connectivity index (χ4n) is 4.98. The molecule has 6 heteroatoms. The summed E-state index contributed by atoms with van der Waals surface area (Å²) in [7, 11) is 0. The Hall–Kier alpha value is -4.32. The summed E-state index contributed by atoms with van der Waals surface area (Å²) in [4.78, 5) is 28.2. The normalized spacial score (nSPS) is 20.0. The van der Waals surface area contributed by atoms with Crippen molar-refractivity contribution in [2.75, 3.05) is 13.2 Å². The second-order valence-electron chi connectivity index (χ2n) is 9.35. The van der Waals surface area contributed by atoms with Gasteiger partial charge < -0.3 is 19.5 Å². The number of rotatable bonds is 8. The molecule has 0 saturated carbocycles. The average molecular weight is 496 g/mol. The van der Waals surface area contributed by atoms with Crippen LogP contribution in [0.15, 0.2) is 91.0 Å². The average Bonchev–Trinajstić information content (AvgIpc) is 3.42. The highest BCUT2D eigenvalue weighted by atomic mass is 16.5. The summed E-state index contributed by atoms with van der Waals surface area (Å²) in [6.07, 6.45) is 3.02. The van der Waals surface area contributed by atoms with E-state index in [0.29, 0.717) is 30.9 Å². The summed E-state index contributed by atoms with van der Waals surface area (Å²) < 4.78 is 11.4. The van der Waals surface area contributed by atoms with Gasteiger partial charge in [-0.05, 0) is 60.4 Å². The van der Waals surface area contributed by atoms with Crippen LogP contribution in [0.5, 0.6) is 11.5 Å². The Bertz CT molecular complexity index is 1360. The predicted octanol–water partition coefficient (Wildman–Crippen LogP) is 5.24. The highest BCUT2D eigenvalue weighted by molar-refractivity contribution is 6.46. The Morgan fingerprint density at radius 2 is 1.86 bits per heavy atom. The van der Waals surface area contributed by atoms with Gasteiger partial charge in [0.15, 0.2) is 0 Å². The van der Waals surface area contributed by atoms with E-state index < -0.39 is 17.7 Å². The van der Waals surface area contributed by atoms with Crippen LogP contribution < -0.4 is 9.47 Å². The third-order valence-electron chi connectivity index (χ3n) is 6.76. The molecular formula is C31H29NO5. The number of aliphatic hydroxyl groups excluding tert-OH is 1. The second kappa shape index (κ2) is 10.3. The summed E-state index contributed by atoms with van der Waals surface area (Å²) in [5.41, 5.74) is 3.33. The van der Waals surface area contributed by atoms with Gasteiger partial charge in [-0.25, -0.2) is 0 Å². The van der Waals surface area contributed by atoms with Crippen molar-refractivity contribution < 1.29 is 24.2 Å². The van der Waals surface area contributed by atoms with Crippen molar-refractivity contribution in [3.63, 3.8) is 0 Å². The maximum Gasteiger partial charge on any atom is 0.295 e. The SMILES string of the molecule is C=CCOc1ccc([C@@H]2C(=C(O)c3ccc4c(c3)C[C@@H](C)O4)C(=O)C(=O)N2CCc2ccccc2)cc1. The lowest BCUT2D eigenvalue weighted by Crippen LogP contribution is -2.31. The number of ether oxygens (including phenoxy) is 2. The summed E-state index contributed by atoms with van der Waals surface area (Å²) in [6, 6.07) is 21.7. The number of likely N-dealkylation sites (tertiary alicyclic amines) is 1. The number of nitrogens with zero attached hydrogens (tertiary/aromatic N) is 1. The van der Waals surface area contributed by atoms with Gasteiger partial charge in [-0.1, -0.05) is 55.1 Å². The highest BCUT2D eigenvalue weighted by Crippen LogP contribution is 2.41. The zero-order chi connectivity index (χ0) is 25.9. The van der Waals surface area contributed by atoms with Gasteiger partial charge in [0.1, 0.15) is 30.0 Å². The maximum absolute atomic E-state index is 13.4. The van der Waals surface area contributed by atoms with E-state index in [9.17, 15) is 14.7 Å². The van der Waals surface area contributed by atoms with Crippen molar-refractivity contribution in [2.45, 2.75) is 31.9 Å². The van der Waals surface area contributed by atoms with E-state index in [1.807, 2.05) is 55.5 Å². The molecule has 0 spiro atoms. The molecule has 1 fully saturated rings.